The molecule has 2 heterocycles. The lowest BCUT2D eigenvalue weighted by Gasteiger charge is -2.30. The summed E-state index contributed by atoms with van der Waals surface area (Å²) < 4.78 is 0. The molecule has 9 heteroatoms. The Morgan fingerprint density at radius 2 is 2.06 bits per heavy atom. The number of aliphatic imine (C=N–C) groups is 2. The summed E-state index contributed by atoms with van der Waals surface area (Å²) in [6.07, 6.45) is 5.82. The van der Waals surface area contributed by atoms with E-state index in [4.69, 9.17) is 0 Å². The predicted molar refractivity (Wildman–Crippen MR) is 140 cm³/mol. The molecule has 0 aromatic heterocycles. The molecule has 1 aromatic rings. The molecule has 192 valence electrons. The molecule has 1 aromatic carbocycles. The average Bonchev–Trinajstić information content (AvgIpc) is 2.88. The maximum atomic E-state index is 12.6. The highest BCUT2D eigenvalue weighted by atomic mass is 16.3. The largest absolute Gasteiger partial charge is 0.392 e. The van der Waals surface area contributed by atoms with Crippen LogP contribution < -0.4 is 10.6 Å². The van der Waals surface area contributed by atoms with Crippen molar-refractivity contribution >= 4 is 18.5 Å². The number of likely N-dealkylation sites (N-methyl/N-ethyl adjacent to an activating group) is 1. The number of hydrogen-bond donors (Lipinski definition) is 4. The van der Waals surface area contributed by atoms with E-state index in [0.29, 0.717) is 39.1 Å². The van der Waals surface area contributed by atoms with Crippen molar-refractivity contribution in [2.75, 3.05) is 46.3 Å². The van der Waals surface area contributed by atoms with Gasteiger partial charge in [-0.3, -0.25) is 14.7 Å². The third-order valence-electron chi connectivity index (χ3n) is 6.03. The second kappa shape index (κ2) is 12.9. The van der Waals surface area contributed by atoms with Crippen LogP contribution in [-0.4, -0.2) is 103 Å². The number of nitrogens with zero attached hydrogens (tertiary/aromatic N) is 4. The van der Waals surface area contributed by atoms with E-state index in [1.54, 1.807) is 32.5 Å². The topological polar surface area (TPSA) is 113 Å². The Kier molecular flexibility index (Phi) is 9.97. The zero-order valence-electron chi connectivity index (χ0n) is 21.2. The standard InChI is InChI=1S/C26H40N6O3/c1-26(2,35)18-27-14-22-16-31(3)19-30-24(9-12-28-22)25(34)29-11-8-23(33)17-32-13-10-20-6-4-5-7-21(20)15-32/h4-7,9,12,19,22-23,27,33,35H,8,10-11,13-18H2,1-3H3,(H,29,34)/b24-9-,28-12?,30-19?/t22?,23-/m0/s1. The van der Waals surface area contributed by atoms with Crippen LogP contribution in [0.3, 0.4) is 0 Å². The molecule has 0 spiro atoms. The normalized spacial score (nSPS) is 21.3. The molecule has 2 aliphatic heterocycles. The van der Waals surface area contributed by atoms with E-state index in [-0.39, 0.29) is 17.6 Å². The van der Waals surface area contributed by atoms with Gasteiger partial charge < -0.3 is 25.7 Å². The van der Waals surface area contributed by atoms with Gasteiger partial charge in [-0.1, -0.05) is 24.3 Å². The fraction of sp³-hybridized carbons (Fsp3) is 0.577. The highest BCUT2D eigenvalue weighted by molar-refractivity contribution is 5.98. The SMILES string of the molecule is CN1C=N/C(C(=O)NCC[C@H](O)CN2CCc3ccccc3C2)=C\C=NC(CNCC(C)(C)O)C1. The Hall–Kier alpha value is -2.59. The first-order valence-electron chi connectivity index (χ1n) is 12.4. The number of allylic oxidation sites excluding steroid dienone is 1. The number of nitrogens with one attached hydrogen (secondary N) is 2. The van der Waals surface area contributed by atoms with Crippen LogP contribution in [0.15, 0.2) is 46.0 Å². The Bertz CT molecular complexity index is 924. The lowest BCUT2D eigenvalue weighted by atomic mass is 9.99. The van der Waals surface area contributed by atoms with E-state index in [9.17, 15) is 15.0 Å². The van der Waals surface area contributed by atoms with E-state index >= 15 is 0 Å². The van der Waals surface area contributed by atoms with E-state index in [1.165, 1.54) is 11.1 Å². The predicted octanol–water partition coefficient (Wildman–Crippen LogP) is 0.569. The number of aliphatic hydroxyl groups is 2. The van der Waals surface area contributed by atoms with Crippen molar-refractivity contribution in [3.8, 4) is 0 Å². The number of aliphatic hydroxyl groups excluding tert-OH is 1. The first-order chi connectivity index (χ1) is 16.7. The van der Waals surface area contributed by atoms with Gasteiger partial charge in [-0.25, -0.2) is 4.99 Å². The van der Waals surface area contributed by atoms with Crippen LogP contribution in [0.2, 0.25) is 0 Å². The zero-order valence-corrected chi connectivity index (χ0v) is 21.2. The molecule has 0 radical (unpaired) electrons. The van der Waals surface area contributed by atoms with Crippen LogP contribution in [0.25, 0.3) is 0 Å². The molecule has 35 heavy (non-hydrogen) atoms. The fourth-order valence-corrected chi connectivity index (χ4v) is 4.20. The second-order valence-corrected chi connectivity index (χ2v) is 10.1. The van der Waals surface area contributed by atoms with Crippen molar-refractivity contribution < 1.29 is 15.0 Å². The molecule has 9 nitrogen and oxygen atoms in total. The number of amides is 1. The van der Waals surface area contributed by atoms with E-state index in [2.05, 4.69) is 49.8 Å². The molecule has 1 amide bonds. The minimum Gasteiger partial charge on any atom is -0.392 e. The average molecular weight is 485 g/mol. The number of carbonyl (C=O) groups is 1. The maximum Gasteiger partial charge on any atom is 0.270 e. The van der Waals surface area contributed by atoms with Crippen LogP contribution in [-0.2, 0) is 17.8 Å². The summed E-state index contributed by atoms with van der Waals surface area (Å²) in [5, 5.41) is 26.4. The molecule has 4 N–H and O–H groups in total. The molecule has 3 rings (SSSR count). The molecule has 0 saturated heterocycles. The van der Waals surface area contributed by atoms with Gasteiger partial charge in [0, 0.05) is 59.1 Å². The number of benzene rings is 1. The van der Waals surface area contributed by atoms with Crippen LogP contribution in [0, 0.1) is 0 Å². The number of carbonyl (C=O) groups excluding carboxylic acids is 1. The Balaban J connectivity index is 1.43. The first-order valence-corrected chi connectivity index (χ1v) is 12.4. The molecule has 1 unspecified atom stereocenters. The van der Waals surface area contributed by atoms with Gasteiger partial charge in [0.25, 0.3) is 5.91 Å². The quantitative estimate of drug-likeness (QED) is 0.386. The summed E-state index contributed by atoms with van der Waals surface area (Å²) in [5.41, 5.74) is 2.20. The molecule has 2 aliphatic rings. The molecular weight excluding hydrogens is 444 g/mol. The van der Waals surface area contributed by atoms with Crippen molar-refractivity contribution in [3.05, 3.63) is 47.2 Å². The van der Waals surface area contributed by atoms with Crippen LogP contribution >= 0.6 is 0 Å². The van der Waals surface area contributed by atoms with Gasteiger partial charge in [0.1, 0.15) is 5.70 Å². The monoisotopic (exact) mass is 484 g/mol. The van der Waals surface area contributed by atoms with Gasteiger partial charge in [-0.2, -0.15) is 0 Å². The Morgan fingerprint density at radius 1 is 1.29 bits per heavy atom. The summed E-state index contributed by atoms with van der Waals surface area (Å²) in [6.45, 7) is 7.96. The summed E-state index contributed by atoms with van der Waals surface area (Å²) >= 11 is 0. The minimum absolute atomic E-state index is 0.0376. The van der Waals surface area contributed by atoms with Crippen LogP contribution in [0.5, 0.6) is 0 Å². The van der Waals surface area contributed by atoms with Crippen LogP contribution in [0.1, 0.15) is 31.4 Å². The minimum atomic E-state index is -0.784. The smallest absolute Gasteiger partial charge is 0.270 e. The fourth-order valence-electron chi connectivity index (χ4n) is 4.20. The molecule has 0 bridgehead atoms. The third-order valence-corrected chi connectivity index (χ3v) is 6.03. The first kappa shape index (κ1) is 27.0. The van der Waals surface area contributed by atoms with Crippen molar-refractivity contribution in [1.29, 1.82) is 0 Å². The second-order valence-electron chi connectivity index (χ2n) is 10.1. The molecular formula is C26H40N6O3. The maximum absolute atomic E-state index is 12.6. The molecule has 0 fully saturated rings. The molecule has 0 aliphatic carbocycles. The molecule has 0 saturated carbocycles. The van der Waals surface area contributed by atoms with Crippen LogP contribution in [0.4, 0.5) is 0 Å². The van der Waals surface area contributed by atoms with Gasteiger partial charge in [0.15, 0.2) is 0 Å². The summed E-state index contributed by atoms with van der Waals surface area (Å²) in [4.78, 5) is 25.7. The van der Waals surface area contributed by atoms with Crippen molar-refractivity contribution in [1.82, 2.24) is 20.4 Å². The lowest BCUT2D eigenvalue weighted by Crippen LogP contribution is -2.41. The van der Waals surface area contributed by atoms with Gasteiger partial charge in [0.05, 0.1) is 24.1 Å². The summed E-state index contributed by atoms with van der Waals surface area (Å²) in [6, 6.07) is 8.41. The highest BCUT2D eigenvalue weighted by Crippen LogP contribution is 2.18. The zero-order chi connectivity index (χ0) is 25.3. The summed E-state index contributed by atoms with van der Waals surface area (Å²) in [5.74, 6) is -0.293. The van der Waals surface area contributed by atoms with Gasteiger partial charge >= 0.3 is 0 Å². The van der Waals surface area contributed by atoms with Gasteiger partial charge in [-0.15, -0.1) is 0 Å². The molecule has 2 atom stereocenters. The van der Waals surface area contributed by atoms with E-state index in [0.717, 1.165) is 19.5 Å². The summed E-state index contributed by atoms with van der Waals surface area (Å²) in [7, 11) is 1.89. The third kappa shape index (κ3) is 9.52. The Morgan fingerprint density at radius 3 is 2.83 bits per heavy atom. The number of rotatable bonds is 10. The van der Waals surface area contributed by atoms with Crippen molar-refractivity contribution in [2.24, 2.45) is 9.98 Å². The Labute approximate surface area is 208 Å². The number of hydrogen-bond acceptors (Lipinski definition) is 8. The van der Waals surface area contributed by atoms with Gasteiger partial charge in [0.2, 0.25) is 0 Å². The van der Waals surface area contributed by atoms with Crippen molar-refractivity contribution in [3.63, 3.8) is 0 Å². The lowest BCUT2D eigenvalue weighted by molar-refractivity contribution is -0.117. The van der Waals surface area contributed by atoms with E-state index < -0.39 is 11.7 Å². The van der Waals surface area contributed by atoms with Gasteiger partial charge in [-0.05, 0) is 43.9 Å². The highest BCUT2D eigenvalue weighted by Gasteiger charge is 2.19. The van der Waals surface area contributed by atoms with E-state index in [1.807, 2.05) is 11.9 Å². The van der Waals surface area contributed by atoms with Crippen molar-refractivity contribution in [2.45, 2.75) is 51.0 Å². The number of β-amino-alcohol motifs (C(OH)–C–C–N with tert-alkyl or cyclic N) is 1. The number of fused-ring (bicyclic) bond motifs is 1.